The van der Waals surface area contributed by atoms with Crippen LogP contribution in [0.25, 0.3) is 0 Å². The van der Waals surface area contributed by atoms with E-state index in [2.05, 4.69) is 23.8 Å². The molecule has 0 amide bonds. The van der Waals surface area contributed by atoms with E-state index >= 15 is 0 Å². The van der Waals surface area contributed by atoms with Crippen LogP contribution in [0.3, 0.4) is 0 Å². The maximum absolute atomic E-state index is 6.13. The molecule has 1 unspecified atom stereocenters. The lowest BCUT2D eigenvalue weighted by atomic mass is 10.0. The molecule has 0 aliphatic rings. The summed E-state index contributed by atoms with van der Waals surface area (Å²) in [5, 5.41) is 4.29. The molecule has 98 valence electrons. The lowest BCUT2D eigenvalue weighted by molar-refractivity contribution is 0.537. The van der Waals surface area contributed by atoms with Crippen LogP contribution in [-0.4, -0.2) is 0 Å². The van der Waals surface area contributed by atoms with Gasteiger partial charge in [-0.25, -0.2) is 0 Å². The van der Waals surface area contributed by atoms with Gasteiger partial charge in [0, 0.05) is 6.04 Å². The monoisotopic (exact) mass is 253 g/mol. The van der Waals surface area contributed by atoms with Gasteiger partial charge in [-0.3, -0.25) is 0 Å². The summed E-state index contributed by atoms with van der Waals surface area (Å²) in [6.07, 6.45) is 12.2. The fourth-order valence-corrected chi connectivity index (χ4v) is 2.88. The van der Waals surface area contributed by atoms with E-state index < -0.39 is 0 Å². The quantitative estimate of drug-likeness (QED) is 0.564. The van der Waals surface area contributed by atoms with Crippen LogP contribution in [0.15, 0.2) is 16.8 Å². The minimum absolute atomic E-state index is 0.265. The van der Waals surface area contributed by atoms with Crippen molar-refractivity contribution in [3.63, 3.8) is 0 Å². The van der Waals surface area contributed by atoms with Crippen molar-refractivity contribution in [1.82, 2.24) is 0 Å². The third kappa shape index (κ3) is 6.85. The van der Waals surface area contributed by atoms with Crippen LogP contribution in [0.5, 0.6) is 0 Å². The van der Waals surface area contributed by atoms with Crippen LogP contribution in [0.1, 0.15) is 76.3 Å². The largest absolute Gasteiger partial charge is 0.324 e. The number of hydrogen-bond acceptors (Lipinski definition) is 2. The summed E-state index contributed by atoms with van der Waals surface area (Å²) in [4.78, 5) is 0. The minimum Gasteiger partial charge on any atom is -0.324 e. The Bertz CT molecular complexity index is 256. The first-order chi connectivity index (χ1) is 8.34. The van der Waals surface area contributed by atoms with Gasteiger partial charge >= 0.3 is 0 Å². The van der Waals surface area contributed by atoms with Gasteiger partial charge in [-0.2, -0.15) is 11.3 Å². The first kappa shape index (κ1) is 14.7. The summed E-state index contributed by atoms with van der Waals surface area (Å²) in [6.45, 7) is 2.27. The molecular formula is C15H27NS. The Balaban J connectivity index is 1.90. The maximum Gasteiger partial charge on any atom is 0.0303 e. The minimum atomic E-state index is 0.265. The summed E-state index contributed by atoms with van der Waals surface area (Å²) in [7, 11) is 0. The zero-order valence-electron chi connectivity index (χ0n) is 11.2. The van der Waals surface area contributed by atoms with Crippen molar-refractivity contribution < 1.29 is 0 Å². The molecule has 1 rings (SSSR count). The van der Waals surface area contributed by atoms with Gasteiger partial charge in [-0.1, -0.05) is 58.3 Å². The number of hydrogen-bond donors (Lipinski definition) is 1. The number of unbranched alkanes of at least 4 members (excludes halogenated alkanes) is 7. The fraction of sp³-hybridized carbons (Fsp3) is 0.733. The summed E-state index contributed by atoms with van der Waals surface area (Å²) < 4.78 is 0. The second-order valence-electron chi connectivity index (χ2n) is 4.93. The smallest absolute Gasteiger partial charge is 0.0303 e. The highest BCUT2D eigenvalue weighted by Crippen LogP contribution is 2.20. The SMILES string of the molecule is CCCCCCCCCCC(N)c1ccsc1. The molecule has 1 atom stereocenters. The Morgan fingerprint density at radius 2 is 1.71 bits per heavy atom. The lowest BCUT2D eigenvalue weighted by Crippen LogP contribution is -2.08. The van der Waals surface area contributed by atoms with E-state index in [4.69, 9.17) is 5.73 Å². The van der Waals surface area contributed by atoms with Crippen molar-refractivity contribution in [3.05, 3.63) is 22.4 Å². The van der Waals surface area contributed by atoms with E-state index in [0.717, 1.165) is 6.42 Å². The first-order valence-corrected chi connectivity index (χ1v) is 8.06. The molecule has 2 N–H and O–H groups in total. The molecule has 1 nitrogen and oxygen atoms in total. The highest BCUT2D eigenvalue weighted by molar-refractivity contribution is 7.07. The normalized spacial score (nSPS) is 12.8. The third-order valence-electron chi connectivity index (χ3n) is 3.34. The Morgan fingerprint density at radius 3 is 2.29 bits per heavy atom. The predicted octanol–water partition coefficient (Wildman–Crippen LogP) is 5.28. The molecule has 0 bridgehead atoms. The van der Waals surface area contributed by atoms with Crippen LogP contribution in [0, 0.1) is 0 Å². The van der Waals surface area contributed by atoms with Crippen molar-refractivity contribution in [2.45, 2.75) is 70.8 Å². The van der Waals surface area contributed by atoms with Crippen molar-refractivity contribution in [1.29, 1.82) is 0 Å². The Hall–Kier alpha value is -0.340. The van der Waals surface area contributed by atoms with Crippen molar-refractivity contribution in [2.75, 3.05) is 0 Å². The van der Waals surface area contributed by atoms with E-state index in [-0.39, 0.29) is 6.04 Å². The highest BCUT2D eigenvalue weighted by Gasteiger charge is 2.05. The number of thiophene rings is 1. The van der Waals surface area contributed by atoms with Gasteiger partial charge in [0.25, 0.3) is 0 Å². The molecule has 0 radical (unpaired) electrons. The zero-order chi connectivity index (χ0) is 12.3. The van der Waals surface area contributed by atoms with E-state index in [1.807, 2.05) is 0 Å². The topological polar surface area (TPSA) is 26.0 Å². The lowest BCUT2D eigenvalue weighted by Gasteiger charge is -2.09. The second-order valence-corrected chi connectivity index (χ2v) is 5.71. The molecule has 1 aromatic rings. The summed E-state index contributed by atoms with van der Waals surface area (Å²) in [5.74, 6) is 0. The molecule has 0 saturated carbocycles. The fourth-order valence-electron chi connectivity index (χ4n) is 2.15. The van der Waals surface area contributed by atoms with Gasteiger partial charge in [0.2, 0.25) is 0 Å². The van der Waals surface area contributed by atoms with Crippen LogP contribution < -0.4 is 5.73 Å². The van der Waals surface area contributed by atoms with Crippen LogP contribution in [-0.2, 0) is 0 Å². The molecule has 0 saturated heterocycles. The van der Waals surface area contributed by atoms with Crippen LogP contribution in [0.4, 0.5) is 0 Å². The Morgan fingerprint density at radius 1 is 1.06 bits per heavy atom. The van der Waals surface area contributed by atoms with E-state index in [1.165, 1.54) is 56.9 Å². The standard InChI is InChI=1S/C15H27NS/c1-2-3-4-5-6-7-8-9-10-15(16)14-11-12-17-13-14/h11-13,15H,2-10,16H2,1H3. The van der Waals surface area contributed by atoms with Crippen molar-refractivity contribution in [3.8, 4) is 0 Å². The molecule has 0 aromatic carbocycles. The van der Waals surface area contributed by atoms with Crippen LogP contribution in [0.2, 0.25) is 0 Å². The van der Waals surface area contributed by atoms with E-state index in [0.29, 0.717) is 0 Å². The van der Waals surface area contributed by atoms with E-state index in [1.54, 1.807) is 11.3 Å². The number of nitrogens with two attached hydrogens (primary N) is 1. The third-order valence-corrected chi connectivity index (χ3v) is 4.04. The summed E-state index contributed by atoms with van der Waals surface area (Å²) in [5.41, 5.74) is 7.44. The molecule has 0 aliphatic carbocycles. The van der Waals surface area contributed by atoms with E-state index in [9.17, 15) is 0 Å². The van der Waals surface area contributed by atoms with Crippen molar-refractivity contribution >= 4 is 11.3 Å². The Labute approximate surface area is 110 Å². The maximum atomic E-state index is 6.13. The van der Waals surface area contributed by atoms with Gasteiger partial charge < -0.3 is 5.73 Å². The summed E-state index contributed by atoms with van der Waals surface area (Å²) in [6, 6.07) is 2.42. The number of rotatable bonds is 10. The second kappa shape index (κ2) is 9.67. The van der Waals surface area contributed by atoms with Crippen molar-refractivity contribution in [2.24, 2.45) is 5.73 Å². The summed E-state index contributed by atoms with van der Waals surface area (Å²) >= 11 is 1.74. The molecule has 1 heterocycles. The molecule has 17 heavy (non-hydrogen) atoms. The zero-order valence-corrected chi connectivity index (χ0v) is 12.0. The van der Waals surface area contributed by atoms with Gasteiger partial charge in [0.1, 0.15) is 0 Å². The Kier molecular flexibility index (Phi) is 8.37. The average Bonchev–Trinajstić information content (AvgIpc) is 2.86. The van der Waals surface area contributed by atoms with Gasteiger partial charge in [-0.15, -0.1) is 0 Å². The van der Waals surface area contributed by atoms with Gasteiger partial charge in [-0.05, 0) is 28.8 Å². The van der Waals surface area contributed by atoms with Crippen LogP contribution >= 0.6 is 11.3 Å². The molecule has 2 heteroatoms. The molecule has 0 fully saturated rings. The predicted molar refractivity (Wildman–Crippen MR) is 78.5 cm³/mol. The first-order valence-electron chi connectivity index (χ1n) is 7.12. The molecular weight excluding hydrogens is 226 g/mol. The molecule has 0 spiro atoms. The average molecular weight is 253 g/mol. The highest BCUT2D eigenvalue weighted by atomic mass is 32.1. The van der Waals surface area contributed by atoms with Gasteiger partial charge in [0.05, 0.1) is 0 Å². The molecule has 1 aromatic heterocycles. The van der Waals surface area contributed by atoms with Gasteiger partial charge in [0.15, 0.2) is 0 Å². The molecule has 0 aliphatic heterocycles.